The molecule has 1 aliphatic heterocycles. The minimum absolute atomic E-state index is 0.327. The maximum Gasteiger partial charge on any atom is 0.339 e. The van der Waals surface area contributed by atoms with Crippen LogP contribution >= 0.6 is 0 Å². The number of benzene rings is 1. The highest BCUT2D eigenvalue weighted by atomic mass is 16.6. The fourth-order valence-corrected chi connectivity index (χ4v) is 2.08. The number of phenols is 2. The van der Waals surface area contributed by atoms with Crippen LogP contribution in [-0.2, 0) is 23.9 Å². The van der Waals surface area contributed by atoms with Crippen LogP contribution in [0.2, 0.25) is 0 Å². The summed E-state index contributed by atoms with van der Waals surface area (Å²) in [5.74, 6) is -4.77. The number of phenolic OH excluding ortho intramolecular Hbond substituents is 2. The van der Waals surface area contributed by atoms with E-state index >= 15 is 0 Å². The number of aliphatic hydroxyl groups excluding tert-OH is 2. The molecule has 134 valence electrons. The number of carbonyl (C=O) groups is 3. The first kappa shape index (κ1) is 18.2. The van der Waals surface area contributed by atoms with Gasteiger partial charge in [-0.05, 0) is 23.8 Å². The zero-order valence-electron chi connectivity index (χ0n) is 12.5. The van der Waals surface area contributed by atoms with Crippen molar-refractivity contribution in [1.29, 1.82) is 0 Å². The molecular weight excluding hydrogens is 340 g/mol. The first-order chi connectivity index (χ1) is 11.7. The first-order valence-corrected chi connectivity index (χ1v) is 6.91. The monoisotopic (exact) mass is 354 g/mol. The van der Waals surface area contributed by atoms with Gasteiger partial charge in [-0.25, -0.2) is 14.4 Å². The number of carboxylic acid groups (broad SMARTS) is 1. The van der Waals surface area contributed by atoms with E-state index in [4.69, 9.17) is 9.84 Å². The van der Waals surface area contributed by atoms with E-state index in [1.54, 1.807) is 0 Å². The van der Waals surface area contributed by atoms with Crippen LogP contribution in [-0.4, -0.2) is 67.9 Å². The number of hydrogen-bond acceptors (Lipinski definition) is 9. The van der Waals surface area contributed by atoms with Crippen LogP contribution in [0.5, 0.6) is 11.5 Å². The molecule has 5 N–H and O–H groups in total. The Kier molecular flexibility index (Phi) is 5.25. The van der Waals surface area contributed by atoms with Gasteiger partial charge in [0.05, 0.1) is 0 Å². The Balaban J connectivity index is 2.09. The second kappa shape index (κ2) is 7.20. The van der Waals surface area contributed by atoms with Crippen molar-refractivity contribution in [2.75, 3.05) is 0 Å². The summed E-state index contributed by atoms with van der Waals surface area (Å²) < 4.78 is 9.32. The molecule has 1 aromatic carbocycles. The van der Waals surface area contributed by atoms with Gasteiger partial charge >= 0.3 is 17.9 Å². The quantitative estimate of drug-likeness (QED) is 0.244. The van der Waals surface area contributed by atoms with Crippen LogP contribution < -0.4 is 0 Å². The van der Waals surface area contributed by atoms with Gasteiger partial charge in [0.15, 0.2) is 35.9 Å². The van der Waals surface area contributed by atoms with E-state index in [-0.39, 0.29) is 5.75 Å². The highest BCUT2D eigenvalue weighted by Gasteiger charge is 2.51. The van der Waals surface area contributed by atoms with Crippen LogP contribution in [0.25, 0.3) is 6.08 Å². The lowest BCUT2D eigenvalue weighted by atomic mass is 10.1. The predicted molar refractivity (Wildman–Crippen MR) is 78.2 cm³/mol. The number of hydrogen-bond donors (Lipinski definition) is 5. The molecule has 1 aromatic rings. The molecule has 0 radical (unpaired) electrons. The number of ether oxygens (including phenoxy) is 2. The minimum atomic E-state index is -2.18. The average Bonchev–Trinajstić information content (AvgIpc) is 2.83. The second-order valence-electron chi connectivity index (χ2n) is 5.11. The lowest BCUT2D eigenvalue weighted by Gasteiger charge is -2.20. The molecule has 1 aliphatic rings. The molecule has 0 bridgehead atoms. The van der Waals surface area contributed by atoms with Gasteiger partial charge in [0.1, 0.15) is 0 Å². The lowest BCUT2D eigenvalue weighted by molar-refractivity contribution is -0.167. The smallest absolute Gasteiger partial charge is 0.339 e. The van der Waals surface area contributed by atoms with Gasteiger partial charge in [-0.3, -0.25) is 0 Å². The van der Waals surface area contributed by atoms with Crippen LogP contribution in [0.4, 0.5) is 0 Å². The molecule has 4 atom stereocenters. The third-order valence-corrected chi connectivity index (χ3v) is 3.36. The Morgan fingerprint density at radius 1 is 1.24 bits per heavy atom. The molecule has 0 aromatic heterocycles. The Bertz CT molecular complexity index is 725. The molecule has 1 fully saturated rings. The van der Waals surface area contributed by atoms with Gasteiger partial charge in [-0.15, -0.1) is 0 Å². The number of aromatic hydroxyl groups is 2. The third kappa shape index (κ3) is 4.05. The van der Waals surface area contributed by atoms with Crippen molar-refractivity contribution in [3.8, 4) is 11.5 Å². The maximum atomic E-state index is 11.8. The van der Waals surface area contributed by atoms with Gasteiger partial charge in [-0.2, -0.15) is 0 Å². The summed E-state index contributed by atoms with van der Waals surface area (Å²) in [6.45, 7) is 0. The molecule has 0 saturated carbocycles. The molecule has 2 rings (SSSR count). The van der Waals surface area contributed by atoms with Gasteiger partial charge in [0, 0.05) is 6.08 Å². The molecule has 0 amide bonds. The summed E-state index contributed by atoms with van der Waals surface area (Å²) in [4.78, 5) is 33.9. The second-order valence-corrected chi connectivity index (χ2v) is 5.11. The Morgan fingerprint density at radius 2 is 1.92 bits per heavy atom. The van der Waals surface area contributed by atoms with E-state index in [9.17, 15) is 34.8 Å². The van der Waals surface area contributed by atoms with Crippen LogP contribution in [0.15, 0.2) is 24.3 Å². The van der Waals surface area contributed by atoms with Gasteiger partial charge < -0.3 is 35.0 Å². The lowest BCUT2D eigenvalue weighted by Crippen LogP contribution is -2.45. The number of cyclic esters (lactones) is 1. The van der Waals surface area contributed by atoms with Gasteiger partial charge in [0.2, 0.25) is 0 Å². The van der Waals surface area contributed by atoms with Crippen molar-refractivity contribution in [2.24, 2.45) is 0 Å². The third-order valence-electron chi connectivity index (χ3n) is 3.36. The largest absolute Gasteiger partial charge is 0.504 e. The SMILES string of the molecule is O=C(C=Cc1ccc(O)c(O)c1)O[C@H]1[C@@H]([C@H](O)C(=O)O)OC(=O)[C@@H]1O. The molecule has 10 heteroatoms. The number of rotatable bonds is 5. The number of carbonyl (C=O) groups excluding carboxylic acids is 2. The highest BCUT2D eigenvalue weighted by Crippen LogP contribution is 2.26. The fourth-order valence-electron chi connectivity index (χ4n) is 2.08. The molecule has 1 saturated heterocycles. The molecule has 0 unspecified atom stereocenters. The van der Waals surface area contributed by atoms with Gasteiger partial charge in [0.25, 0.3) is 0 Å². The standard InChI is InChI=1S/C15H14O10/c16-7-3-1-6(5-8(7)17)2-4-9(18)24-13-11(20)15(23)25-12(13)10(19)14(21)22/h1-5,10-13,16-17,19-20H,(H,21,22)/t10-,11+,12+,13+/m0/s1. The topological polar surface area (TPSA) is 171 Å². The molecule has 0 aliphatic carbocycles. The van der Waals surface area contributed by atoms with Crippen molar-refractivity contribution in [3.05, 3.63) is 29.8 Å². The molecular formula is C15H14O10. The molecule has 10 nitrogen and oxygen atoms in total. The van der Waals surface area contributed by atoms with Crippen LogP contribution in [0.1, 0.15) is 5.56 Å². The summed E-state index contributed by atoms with van der Waals surface area (Å²) in [5, 5.41) is 46.3. The molecule has 1 heterocycles. The molecule has 25 heavy (non-hydrogen) atoms. The number of aliphatic hydroxyl groups is 2. The van der Waals surface area contributed by atoms with E-state index in [1.807, 2.05) is 0 Å². The number of aliphatic carboxylic acids is 1. The van der Waals surface area contributed by atoms with Crippen molar-refractivity contribution in [3.63, 3.8) is 0 Å². The summed E-state index contributed by atoms with van der Waals surface area (Å²) in [5.41, 5.74) is 0.327. The van der Waals surface area contributed by atoms with Crippen LogP contribution in [0, 0.1) is 0 Å². The van der Waals surface area contributed by atoms with Crippen molar-refractivity contribution < 1.29 is 49.4 Å². The first-order valence-electron chi connectivity index (χ1n) is 6.91. The van der Waals surface area contributed by atoms with E-state index in [0.717, 1.165) is 12.1 Å². The zero-order chi connectivity index (χ0) is 18.7. The van der Waals surface area contributed by atoms with E-state index in [0.29, 0.717) is 5.56 Å². The minimum Gasteiger partial charge on any atom is -0.504 e. The number of carboxylic acids is 1. The van der Waals surface area contributed by atoms with E-state index < -0.39 is 48.1 Å². The van der Waals surface area contributed by atoms with E-state index in [1.165, 1.54) is 18.2 Å². The fraction of sp³-hybridized carbons (Fsp3) is 0.267. The van der Waals surface area contributed by atoms with Crippen molar-refractivity contribution in [2.45, 2.75) is 24.4 Å². The van der Waals surface area contributed by atoms with Crippen molar-refractivity contribution >= 4 is 24.0 Å². The highest BCUT2D eigenvalue weighted by molar-refractivity contribution is 5.88. The maximum absolute atomic E-state index is 11.8. The number of esters is 2. The molecule has 0 spiro atoms. The van der Waals surface area contributed by atoms with E-state index in [2.05, 4.69) is 4.74 Å². The summed E-state index contributed by atoms with van der Waals surface area (Å²) in [6, 6.07) is 3.73. The summed E-state index contributed by atoms with van der Waals surface area (Å²) >= 11 is 0. The summed E-state index contributed by atoms with van der Waals surface area (Å²) in [6.07, 6.45) is -5.50. The Hall–Kier alpha value is -3.11. The van der Waals surface area contributed by atoms with Crippen LogP contribution in [0.3, 0.4) is 0 Å². The van der Waals surface area contributed by atoms with Crippen molar-refractivity contribution in [1.82, 2.24) is 0 Å². The predicted octanol–water partition coefficient (Wildman–Crippen LogP) is -1.25. The Morgan fingerprint density at radius 3 is 2.52 bits per heavy atom. The average molecular weight is 354 g/mol. The Labute approximate surface area is 140 Å². The van der Waals surface area contributed by atoms with Gasteiger partial charge in [-0.1, -0.05) is 6.07 Å². The summed E-state index contributed by atoms with van der Waals surface area (Å²) in [7, 11) is 0. The normalized spacial score (nSPS) is 24.1. The zero-order valence-corrected chi connectivity index (χ0v) is 12.5.